The monoisotopic (exact) mass is 270 g/mol. The summed E-state index contributed by atoms with van der Waals surface area (Å²) < 4.78 is 3.05. The summed E-state index contributed by atoms with van der Waals surface area (Å²) in [4.78, 5) is 4.44. The topological polar surface area (TPSA) is 17.3 Å². The van der Waals surface area contributed by atoms with Crippen molar-refractivity contribution in [1.82, 2.24) is 9.38 Å². The van der Waals surface area contributed by atoms with Crippen LogP contribution in [0.4, 0.5) is 0 Å². The normalized spacial score (nSPS) is 16.4. The van der Waals surface area contributed by atoms with Crippen molar-refractivity contribution in [1.29, 1.82) is 0 Å². The van der Waals surface area contributed by atoms with Gasteiger partial charge in [0.25, 0.3) is 0 Å². The molecule has 1 saturated carbocycles. The highest BCUT2D eigenvalue weighted by Gasteiger charge is 2.29. The van der Waals surface area contributed by atoms with Crippen LogP contribution in [0.1, 0.15) is 24.5 Å². The van der Waals surface area contributed by atoms with E-state index in [0.29, 0.717) is 5.92 Å². The van der Waals surface area contributed by atoms with Crippen molar-refractivity contribution in [2.24, 2.45) is 0 Å². The smallest absolute Gasteiger partial charge is 0.138 e. The zero-order valence-electron chi connectivity index (χ0n) is 7.37. The largest absolute Gasteiger partial charge is 0.301 e. The second-order valence-corrected chi connectivity index (χ2v) is 4.83. The molecule has 0 N–H and O–H groups in total. The van der Waals surface area contributed by atoms with Crippen LogP contribution >= 0.6 is 27.5 Å². The summed E-state index contributed by atoms with van der Waals surface area (Å²) in [6.07, 6.45) is 4.46. The van der Waals surface area contributed by atoms with E-state index in [0.717, 1.165) is 15.3 Å². The highest BCUT2D eigenvalue weighted by molar-refractivity contribution is 9.10. The Labute approximate surface area is 95.0 Å². The Bertz CT molecular complexity index is 502. The Balaban J connectivity index is 2.34. The fourth-order valence-electron chi connectivity index (χ4n) is 1.73. The number of hydrogen-bond acceptors (Lipinski definition) is 1. The van der Waals surface area contributed by atoms with Crippen LogP contribution in [-0.4, -0.2) is 9.38 Å². The molecule has 0 aromatic carbocycles. The Morgan fingerprint density at radius 1 is 1.43 bits per heavy atom. The molecule has 14 heavy (non-hydrogen) atoms. The first-order chi connectivity index (χ1) is 6.75. The van der Waals surface area contributed by atoms with Crippen LogP contribution in [0.2, 0.25) is 5.02 Å². The minimum Gasteiger partial charge on any atom is -0.301 e. The van der Waals surface area contributed by atoms with Gasteiger partial charge in [0, 0.05) is 12.1 Å². The van der Waals surface area contributed by atoms with Gasteiger partial charge in [0.05, 0.1) is 10.7 Å². The highest BCUT2D eigenvalue weighted by atomic mass is 79.9. The summed E-state index contributed by atoms with van der Waals surface area (Å²) in [7, 11) is 0. The first-order valence-electron chi connectivity index (χ1n) is 4.59. The molecule has 0 atom stereocenters. The summed E-state index contributed by atoms with van der Waals surface area (Å²) in [5, 5.41) is 0.754. The van der Waals surface area contributed by atoms with E-state index in [9.17, 15) is 0 Å². The second-order valence-electron chi connectivity index (χ2n) is 3.64. The number of nitrogens with zero attached hydrogens (tertiary/aromatic N) is 2. The number of imidazole rings is 1. The number of pyridine rings is 1. The van der Waals surface area contributed by atoms with Crippen LogP contribution in [-0.2, 0) is 0 Å². The number of fused-ring (bicyclic) bond motifs is 1. The minimum atomic E-state index is 0.665. The van der Waals surface area contributed by atoms with E-state index in [1.54, 1.807) is 0 Å². The molecular formula is C10H8BrClN2. The van der Waals surface area contributed by atoms with E-state index in [1.165, 1.54) is 18.5 Å². The maximum atomic E-state index is 5.96. The molecule has 2 heterocycles. The third-order valence-electron chi connectivity index (χ3n) is 2.54. The molecule has 1 aliphatic carbocycles. The van der Waals surface area contributed by atoms with Crippen molar-refractivity contribution in [2.45, 2.75) is 18.8 Å². The molecule has 0 amide bonds. The lowest BCUT2D eigenvalue weighted by Crippen LogP contribution is -1.90. The van der Waals surface area contributed by atoms with Crippen LogP contribution in [0.5, 0.6) is 0 Å². The zero-order valence-corrected chi connectivity index (χ0v) is 9.72. The van der Waals surface area contributed by atoms with Gasteiger partial charge in [0.15, 0.2) is 0 Å². The van der Waals surface area contributed by atoms with E-state index < -0.39 is 0 Å². The summed E-state index contributed by atoms with van der Waals surface area (Å²) >= 11 is 9.46. The zero-order chi connectivity index (χ0) is 9.71. The molecule has 0 bridgehead atoms. The second kappa shape index (κ2) is 2.97. The van der Waals surface area contributed by atoms with Crippen LogP contribution in [0, 0.1) is 0 Å². The third kappa shape index (κ3) is 1.27. The van der Waals surface area contributed by atoms with Gasteiger partial charge in [-0.05, 0) is 40.9 Å². The molecule has 2 aromatic heterocycles. The summed E-state index contributed by atoms with van der Waals surface area (Å²) in [6.45, 7) is 0. The molecule has 0 spiro atoms. The Morgan fingerprint density at radius 3 is 2.93 bits per heavy atom. The molecule has 1 aliphatic rings. The molecule has 0 unspecified atom stereocenters. The first-order valence-corrected chi connectivity index (χ1v) is 5.76. The first kappa shape index (κ1) is 8.74. The number of rotatable bonds is 1. The predicted molar refractivity (Wildman–Crippen MR) is 59.9 cm³/mol. The molecule has 0 saturated heterocycles. The van der Waals surface area contributed by atoms with E-state index in [1.807, 2.05) is 18.3 Å². The number of halogens is 2. The lowest BCUT2D eigenvalue weighted by molar-refractivity contribution is 0.975. The van der Waals surface area contributed by atoms with Crippen molar-refractivity contribution < 1.29 is 0 Å². The molecule has 0 aliphatic heterocycles. The average molecular weight is 272 g/mol. The van der Waals surface area contributed by atoms with Crippen molar-refractivity contribution in [3.8, 4) is 0 Å². The molecule has 1 fully saturated rings. The molecule has 2 aromatic rings. The third-order valence-corrected chi connectivity index (χ3v) is 3.35. The van der Waals surface area contributed by atoms with Gasteiger partial charge in [0.1, 0.15) is 10.3 Å². The highest BCUT2D eigenvalue weighted by Crippen LogP contribution is 2.43. The van der Waals surface area contributed by atoms with Gasteiger partial charge in [-0.3, -0.25) is 0 Å². The summed E-state index contributed by atoms with van der Waals surface area (Å²) in [5.74, 6) is 0.665. The van der Waals surface area contributed by atoms with Crippen LogP contribution in [0.15, 0.2) is 22.9 Å². The summed E-state index contributed by atoms with van der Waals surface area (Å²) in [5.41, 5.74) is 2.23. The molecule has 0 radical (unpaired) electrons. The quantitative estimate of drug-likeness (QED) is 0.774. The van der Waals surface area contributed by atoms with E-state index >= 15 is 0 Å². The fraction of sp³-hybridized carbons (Fsp3) is 0.300. The van der Waals surface area contributed by atoms with E-state index in [4.69, 9.17) is 11.6 Å². The fourth-order valence-corrected chi connectivity index (χ4v) is 2.59. The Kier molecular flexibility index (Phi) is 1.86. The van der Waals surface area contributed by atoms with Crippen molar-refractivity contribution in [2.75, 3.05) is 0 Å². The minimum absolute atomic E-state index is 0.665. The van der Waals surface area contributed by atoms with E-state index in [-0.39, 0.29) is 0 Å². The maximum absolute atomic E-state index is 5.96. The van der Waals surface area contributed by atoms with Gasteiger partial charge in [-0.15, -0.1) is 0 Å². The molecule has 3 rings (SSSR count). The van der Waals surface area contributed by atoms with Gasteiger partial charge in [0.2, 0.25) is 0 Å². The number of hydrogen-bond donors (Lipinski definition) is 0. The standard InChI is InChI=1S/C10H8BrClN2/c11-10-9(6-1-2-6)14-5-7(12)3-4-8(14)13-10/h3-6H,1-2H2. The van der Waals surface area contributed by atoms with Gasteiger partial charge >= 0.3 is 0 Å². The molecule has 72 valence electrons. The van der Waals surface area contributed by atoms with E-state index in [2.05, 4.69) is 25.3 Å². The van der Waals surface area contributed by atoms with Gasteiger partial charge in [-0.2, -0.15) is 0 Å². The average Bonchev–Trinajstić information content (AvgIpc) is 2.90. The molecule has 4 heteroatoms. The van der Waals surface area contributed by atoms with Gasteiger partial charge in [-0.1, -0.05) is 11.6 Å². The van der Waals surface area contributed by atoms with Crippen LogP contribution in [0.25, 0.3) is 5.65 Å². The van der Waals surface area contributed by atoms with Gasteiger partial charge < -0.3 is 4.40 Å². The maximum Gasteiger partial charge on any atom is 0.138 e. The predicted octanol–water partition coefficient (Wildman–Crippen LogP) is 3.63. The Morgan fingerprint density at radius 2 is 2.21 bits per heavy atom. The Hall–Kier alpha value is -0.540. The number of aromatic nitrogens is 2. The lowest BCUT2D eigenvalue weighted by atomic mass is 10.3. The van der Waals surface area contributed by atoms with Gasteiger partial charge in [-0.25, -0.2) is 4.98 Å². The van der Waals surface area contributed by atoms with Crippen LogP contribution < -0.4 is 0 Å². The SMILES string of the molecule is Clc1ccc2nc(Br)c(C3CC3)n2c1. The van der Waals surface area contributed by atoms with Crippen LogP contribution in [0.3, 0.4) is 0 Å². The van der Waals surface area contributed by atoms with Crippen molar-refractivity contribution >= 4 is 33.2 Å². The molecule has 2 nitrogen and oxygen atoms in total. The lowest BCUT2D eigenvalue weighted by Gasteiger charge is -1.99. The van der Waals surface area contributed by atoms with Crippen molar-refractivity contribution in [3.63, 3.8) is 0 Å². The van der Waals surface area contributed by atoms with Crippen molar-refractivity contribution in [3.05, 3.63) is 33.6 Å². The molecular weight excluding hydrogens is 263 g/mol. The summed E-state index contributed by atoms with van der Waals surface area (Å²) in [6, 6.07) is 3.81.